The Kier molecular flexibility index (Phi) is 5.02. The van der Waals surface area contributed by atoms with Gasteiger partial charge in [-0.05, 0) is 97.5 Å². The van der Waals surface area contributed by atoms with E-state index in [9.17, 15) is 0 Å². The van der Waals surface area contributed by atoms with Crippen molar-refractivity contribution in [1.82, 2.24) is 9.55 Å². The number of hydrogen-bond acceptors (Lipinski definition) is 2. The number of oxazole rings is 1. The Morgan fingerprint density at radius 1 is 0.579 bits per heavy atom. The molecule has 3 nitrogen and oxygen atoms in total. The van der Waals surface area contributed by atoms with E-state index in [1.807, 2.05) is 24.3 Å². The van der Waals surface area contributed by atoms with Crippen LogP contribution in [0.5, 0.6) is 0 Å². The van der Waals surface area contributed by atoms with Crippen LogP contribution < -0.4 is 0 Å². The third-order valence-corrected chi connectivity index (χ3v) is 7.62. The third-order valence-electron chi connectivity index (χ3n) is 7.62. The van der Waals surface area contributed by atoms with Crippen LogP contribution >= 0.6 is 0 Å². The van der Waals surface area contributed by atoms with Crippen molar-refractivity contribution >= 4 is 32.9 Å². The first kappa shape index (κ1) is 22.6. The molecule has 0 fully saturated rings. The highest BCUT2D eigenvalue weighted by Gasteiger charge is 2.18. The summed E-state index contributed by atoms with van der Waals surface area (Å²) in [6.45, 7) is 8.66. The normalized spacial score (nSPS) is 11.7. The minimum Gasteiger partial charge on any atom is -0.423 e. The Labute approximate surface area is 222 Å². The van der Waals surface area contributed by atoms with Crippen LogP contribution in [0.2, 0.25) is 0 Å². The monoisotopic (exact) mass is 492 g/mol. The molecule has 2 aromatic heterocycles. The highest BCUT2D eigenvalue weighted by atomic mass is 16.4. The van der Waals surface area contributed by atoms with Crippen LogP contribution in [0.15, 0.2) is 101 Å². The Bertz CT molecular complexity index is 1880. The van der Waals surface area contributed by atoms with Crippen LogP contribution in [0.1, 0.15) is 22.3 Å². The second-order valence-corrected chi connectivity index (χ2v) is 10.4. The van der Waals surface area contributed by atoms with Crippen LogP contribution in [-0.4, -0.2) is 9.55 Å². The van der Waals surface area contributed by atoms with Crippen molar-refractivity contribution in [3.8, 4) is 28.3 Å². The molecule has 184 valence electrons. The van der Waals surface area contributed by atoms with Gasteiger partial charge in [0.05, 0.1) is 11.0 Å². The summed E-state index contributed by atoms with van der Waals surface area (Å²) >= 11 is 0. The van der Waals surface area contributed by atoms with E-state index in [0.29, 0.717) is 6.01 Å². The quantitative estimate of drug-likeness (QED) is 0.246. The van der Waals surface area contributed by atoms with Gasteiger partial charge >= 0.3 is 6.01 Å². The summed E-state index contributed by atoms with van der Waals surface area (Å²) in [4.78, 5) is 4.86. The SMILES string of the molecule is Cc1ccc(-c2ccc3c(c2)c2cc(-c4ccc(C)cc4C)ccc2n3-c2nc3ccccc3o2)c(C)c1. The Balaban J connectivity index is 1.53. The molecule has 0 saturated carbocycles. The minimum atomic E-state index is 0.588. The first-order valence-electron chi connectivity index (χ1n) is 13.1. The van der Waals surface area contributed by atoms with Gasteiger partial charge in [-0.1, -0.05) is 71.8 Å². The zero-order chi connectivity index (χ0) is 26.0. The molecular weight excluding hydrogens is 464 g/mol. The maximum absolute atomic E-state index is 6.27. The van der Waals surface area contributed by atoms with Crippen molar-refractivity contribution in [2.45, 2.75) is 27.7 Å². The average Bonchev–Trinajstić information content (AvgIpc) is 3.47. The van der Waals surface area contributed by atoms with Gasteiger partial charge in [-0.2, -0.15) is 4.98 Å². The fraction of sp³-hybridized carbons (Fsp3) is 0.114. The molecule has 0 saturated heterocycles. The molecule has 38 heavy (non-hydrogen) atoms. The zero-order valence-corrected chi connectivity index (χ0v) is 22.0. The lowest BCUT2D eigenvalue weighted by molar-refractivity contribution is 0.574. The second-order valence-electron chi connectivity index (χ2n) is 10.4. The second kappa shape index (κ2) is 8.46. The lowest BCUT2D eigenvalue weighted by atomic mass is 9.95. The van der Waals surface area contributed by atoms with Crippen molar-refractivity contribution in [2.75, 3.05) is 0 Å². The smallest absolute Gasteiger partial charge is 0.307 e. The lowest BCUT2D eigenvalue weighted by Gasteiger charge is -2.08. The number of benzene rings is 5. The number of fused-ring (bicyclic) bond motifs is 4. The third kappa shape index (κ3) is 3.54. The number of hydrogen-bond donors (Lipinski definition) is 0. The van der Waals surface area contributed by atoms with E-state index in [1.54, 1.807) is 0 Å². The summed E-state index contributed by atoms with van der Waals surface area (Å²) in [6, 6.07) is 35.3. The highest BCUT2D eigenvalue weighted by Crippen LogP contribution is 2.38. The minimum absolute atomic E-state index is 0.588. The van der Waals surface area contributed by atoms with Gasteiger partial charge in [0.15, 0.2) is 5.58 Å². The van der Waals surface area contributed by atoms with Crippen LogP contribution in [0.3, 0.4) is 0 Å². The number of para-hydroxylation sites is 2. The van der Waals surface area contributed by atoms with Gasteiger partial charge in [0, 0.05) is 10.8 Å². The van der Waals surface area contributed by atoms with Crippen LogP contribution in [0, 0.1) is 27.7 Å². The standard InChI is InChI=1S/C35H28N2O/c1-21-9-13-27(23(3)17-21)25-11-15-32-29(19-25)30-20-26(28-14-10-22(2)18-24(28)4)12-16-33(30)37(32)35-36-31-7-5-6-8-34(31)38-35/h5-20H,1-4H3. The van der Waals surface area contributed by atoms with E-state index >= 15 is 0 Å². The molecule has 2 heterocycles. The molecule has 5 aromatic carbocycles. The van der Waals surface area contributed by atoms with Gasteiger partial charge in [-0.3, -0.25) is 4.57 Å². The molecule has 3 heteroatoms. The molecule has 7 aromatic rings. The molecular formula is C35H28N2O. The lowest BCUT2D eigenvalue weighted by Crippen LogP contribution is -1.94. The summed E-state index contributed by atoms with van der Waals surface area (Å²) in [7, 11) is 0. The van der Waals surface area contributed by atoms with E-state index in [0.717, 1.165) is 22.1 Å². The number of rotatable bonds is 3. The van der Waals surface area contributed by atoms with Gasteiger partial charge in [0.25, 0.3) is 0 Å². The van der Waals surface area contributed by atoms with Crippen molar-refractivity contribution in [3.05, 3.63) is 119 Å². The molecule has 0 atom stereocenters. The molecule has 7 rings (SSSR count). The van der Waals surface area contributed by atoms with Gasteiger partial charge in [0.2, 0.25) is 0 Å². The highest BCUT2D eigenvalue weighted by molar-refractivity contribution is 6.11. The van der Waals surface area contributed by atoms with E-state index < -0.39 is 0 Å². The molecule has 0 aliphatic heterocycles. The van der Waals surface area contributed by atoms with Crippen LogP contribution in [0.25, 0.3) is 61.2 Å². The first-order valence-corrected chi connectivity index (χ1v) is 13.1. The van der Waals surface area contributed by atoms with Crippen molar-refractivity contribution < 1.29 is 4.42 Å². The maximum atomic E-state index is 6.27. The maximum Gasteiger partial charge on any atom is 0.307 e. The fourth-order valence-electron chi connectivity index (χ4n) is 5.80. The summed E-state index contributed by atoms with van der Waals surface area (Å²) < 4.78 is 8.43. The average molecular weight is 493 g/mol. The molecule has 0 spiro atoms. The summed E-state index contributed by atoms with van der Waals surface area (Å²) in [5, 5.41) is 2.37. The van der Waals surface area contributed by atoms with Crippen molar-refractivity contribution in [3.63, 3.8) is 0 Å². The largest absolute Gasteiger partial charge is 0.423 e. The Hall–Kier alpha value is -4.63. The molecule has 0 N–H and O–H groups in total. The predicted octanol–water partition coefficient (Wildman–Crippen LogP) is 9.49. The topological polar surface area (TPSA) is 31.0 Å². The predicted molar refractivity (Wildman–Crippen MR) is 158 cm³/mol. The fourth-order valence-corrected chi connectivity index (χ4v) is 5.80. The van der Waals surface area contributed by atoms with Gasteiger partial charge in [-0.25, -0.2) is 0 Å². The molecule has 0 aliphatic carbocycles. The summed E-state index contributed by atoms with van der Waals surface area (Å²) in [6.07, 6.45) is 0. The summed E-state index contributed by atoms with van der Waals surface area (Å²) in [5.41, 5.74) is 13.9. The Morgan fingerprint density at radius 2 is 1.13 bits per heavy atom. The molecule has 0 unspecified atom stereocenters. The van der Waals surface area contributed by atoms with Crippen molar-refractivity contribution in [2.24, 2.45) is 0 Å². The first-order chi connectivity index (χ1) is 18.5. The summed E-state index contributed by atoms with van der Waals surface area (Å²) in [5.74, 6) is 0. The van der Waals surface area contributed by atoms with E-state index in [-0.39, 0.29) is 0 Å². The van der Waals surface area contributed by atoms with Gasteiger partial charge in [0.1, 0.15) is 5.52 Å². The van der Waals surface area contributed by atoms with Crippen molar-refractivity contribution in [1.29, 1.82) is 0 Å². The molecule has 0 amide bonds. The number of aromatic nitrogens is 2. The number of nitrogens with zero attached hydrogens (tertiary/aromatic N) is 2. The van der Waals surface area contributed by atoms with E-state index in [2.05, 4.69) is 105 Å². The van der Waals surface area contributed by atoms with Crippen LogP contribution in [-0.2, 0) is 0 Å². The molecule has 0 radical (unpaired) electrons. The number of aryl methyl sites for hydroxylation is 4. The molecule has 0 aliphatic rings. The van der Waals surface area contributed by atoms with Gasteiger partial charge < -0.3 is 4.42 Å². The van der Waals surface area contributed by atoms with Crippen LogP contribution in [0.4, 0.5) is 0 Å². The molecule has 0 bridgehead atoms. The van der Waals surface area contributed by atoms with Gasteiger partial charge in [-0.15, -0.1) is 0 Å². The zero-order valence-electron chi connectivity index (χ0n) is 22.0. The van der Waals surface area contributed by atoms with E-state index in [1.165, 1.54) is 55.3 Å². The Morgan fingerprint density at radius 3 is 1.66 bits per heavy atom. The van der Waals surface area contributed by atoms with E-state index in [4.69, 9.17) is 9.40 Å².